The van der Waals surface area contributed by atoms with Crippen molar-refractivity contribution in [2.45, 2.75) is 84.2 Å². The topological polar surface area (TPSA) is 73.5 Å². The van der Waals surface area contributed by atoms with Crippen LogP contribution in [-0.2, 0) is 0 Å². The largest absolute Gasteiger partial charge is 0.379 e. The maximum Gasteiger partial charge on any atom is 0.165 e. The van der Waals surface area contributed by atoms with Gasteiger partial charge in [0.15, 0.2) is 11.6 Å². The number of benzene rings is 2. The molecule has 2 saturated heterocycles. The van der Waals surface area contributed by atoms with Gasteiger partial charge in [-0.25, -0.2) is 0 Å². The van der Waals surface area contributed by atoms with E-state index in [1.165, 1.54) is 0 Å². The number of nitrogens with one attached hydrogen (secondary N) is 3. The van der Waals surface area contributed by atoms with E-state index in [-0.39, 0.29) is 37.5 Å². The third-order valence-electron chi connectivity index (χ3n) is 8.79. The molecule has 6 nitrogen and oxygen atoms in total. The highest BCUT2D eigenvalue weighted by Gasteiger charge is 2.37. The molecule has 8 heteroatoms. The quantitative estimate of drug-likeness (QED) is 0.145. The number of fused-ring (bicyclic) bond motifs is 2. The van der Waals surface area contributed by atoms with Gasteiger partial charge in [0.25, 0.3) is 0 Å². The van der Waals surface area contributed by atoms with E-state index < -0.39 is 0 Å². The fraction of sp³-hybridized carbons (Fsp3) is 0.526. The normalized spacial score (nSPS) is 18.8. The Kier molecular flexibility index (Phi) is 19.4. The van der Waals surface area contributed by atoms with Gasteiger partial charge in [0.2, 0.25) is 0 Å². The van der Waals surface area contributed by atoms with Crippen LogP contribution in [0.15, 0.2) is 73.8 Å². The van der Waals surface area contributed by atoms with Crippen molar-refractivity contribution in [1.82, 2.24) is 10.2 Å². The number of carbonyl (C=O) groups is 2. The number of Topliss-reactive ketones (excluding diaryl/α,β-unsaturated/α-hetero) is 2. The van der Waals surface area contributed by atoms with Crippen molar-refractivity contribution < 1.29 is 9.59 Å². The van der Waals surface area contributed by atoms with Crippen LogP contribution in [0.5, 0.6) is 0 Å². The monoisotopic (exact) mass is 714 g/mol. The van der Waals surface area contributed by atoms with Crippen LogP contribution in [-0.4, -0.2) is 71.4 Å². The average Bonchev–Trinajstić information content (AvgIpc) is 3.27. The Morgan fingerprint density at radius 2 is 1.20 bits per heavy atom. The van der Waals surface area contributed by atoms with Gasteiger partial charge in [-0.3, -0.25) is 14.5 Å². The third-order valence-corrected chi connectivity index (χ3v) is 9.24. The number of likely N-dealkylation sites (tertiary alicyclic amines) is 1. The van der Waals surface area contributed by atoms with E-state index in [1.54, 1.807) is 6.08 Å². The van der Waals surface area contributed by atoms with E-state index in [2.05, 4.69) is 62.6 Å². The fourth-order valence-electron chi connectivity index (χ4n) is 6.34. The summed E-state index contributed by atoms with van der Waals surface area (Å²) in [5.41, 5.74) is 4.00. The average molecular weight is 716 g/mol. The Morgan fingerprint density at radius 1 is 0.783 bits per heavy atom. The van der Waals surface area contributed by atoms with E-state index >= 15 is 0 Å². The molecule has 4 aliphatic heterocycles. The first-order valence-electron chi connectivity index (χ1n) is 16.0. The number of thiol groups is 1. The zero-order valence-corrected chi connectivity index (χ0v) is 28.9. The standard InChI is InChI=1S/C17H22N2O.C14H18N2O.C3H5Br.C2H6S.2CH4/c1-2-11-19-12-9-17(10-13-19)8-7-16(20)14-5-3-4-6-15(14)18-17;17-13-5-6-14(7-9-15-10-8-14)16-12-4-2-1-3-11(12)13;1-2-3-4;1-2-3;;/h2-6,18H,1,7-13H2;1-4,15-16H,5-10H2;2H,1,3H2;3H,2H2,1H3;2*1H4. The van der Waals surface area contributed by atoms with Gasteiger partial charge in [0.1, 0.15) is 0 Å². The highest BCUT2D eigenvalue weighted by atomic mass is 79.9. The van der Waals surface area contributed by atoms with Crippen LogP contribution in [0.4, 0.5) is 11.4 Å². The first kappa shape index (κ1) is 41.6. The number of hydrogen-bond acceptors (Lipinski definition) is 7. The van der Waals surface area contributed by atoms with Crippen LogP contribution in [0.25, 0.3) is 0 Å². The zero-order chi connectivity index (χ0) is 31.8. The predicted octanol–water partition coefficient (Wildman–Crippen LogP) is 9.07. The lowest BCUT2D eigenvalue weighted by molar-refractivity contribution is 0.0962. The lowest BCUT2D eigenvalue weighted by atomic mass is 9.83. The minimum Gasteiger partial charge on any atom is -0.379 e. The molecule has 6 rings (SSSR count). The first-order valence-corrected chi connectivity index (χ1v) is 17.7. The summed E-state index contributed by atoms with van der Waals surface area (Å²) < 4.78 is 0. The van der Waals surface area contributed by atoms with Gasteiger partial charge in [-0.2, -0.15) is 12.6 Å². The lowest BCUT2D eigenvalue weighted by Crippen LogP contribution is -2.49. The number of piperidine rings is 2. The highest BCUT2D eigenvalue weighted by molar-refractivity contribution is 9.09. The molecule has 0 aliphatic carbocycles. The van der Waals surface area contributed by atoms with Crippen molar-refractivity contribution in [3.63, 3.8) is 0 Å². The summed E-state index contributed by atoms with van der Waals surface area (Å²) in [7, 11) is 0. The van der Waals surface area contributed by atoms with Crippen LogP contribution in [0.3, 0.4) is 0 Å². The maximum atomic E-state index is 12.2. The molecule has 3 N–H and O–H groups in total. The van der Waals surface area contributed by atoms with Crippen molar-refractivity contribution in [1.29, 1.82) is 0 Å². The molecule has 46 heavy (non-hydrogen) atoms. The summed E-state index contributed by atoms with van der Waals surface area (Å²) in [6.45, 7) is 14.4. The van der Waals surface area contributed by atoms with Crippen molar-refractivity contribution >= 4 is 51.5 Å². The number of anilines is 2. The molecule has 256 valence electrons. The summed E-state index contributed by atoms with van der Waals surface area (Å²) >= 11 is 6.92. The number of halogens is 1. The van der Waals surface area contributed by atoms with Gasteiger partial charge in [-0.05, 0) is 81.6 Å². The van der Waals surface area contributed by atoms with Gasteiger partial charge in [-0.15, -0.1) is 13.2 Å². The van der Waals surface area contributed by atoms with E-state index in [1.807, 2.05) is 61.5 Å². The second-order valence-corrected chi connectivity index (χ2v) is 13.1. The molecule has 0 amide bonds. The van der Waals surface area contributed by atoms with Gasteiger partial charge in [0, 0.05) is 71.4 Å². The molecule has 0 unspecified atom stereocenters. The van der Waals surface area contributed by atoms with Crippen LogP contribution >= 0.6 is 28.6 Å². The maximum absolute atomic E-state index is 12.2. The van der Waals surface area contributed by atoms with E-state index in [9.17, 15) is 9.59 Å². The second-order valence-electron chi connectivity index (χ2n) is 11.8. The minimum atomic E-state index is 0. The zero-order valence-electron chi connectivity index (χ0n) is 26.4. The molecule has 4 aliphatic rings. The van der Waals surface area contributed by atoms with Gasteiger partial charge < -0.3 is 16.0 Å². The Hall–Kier alpha value is -2.39. The van der Waals surface area contributed by atoms with Crippen molar-refractivity contribution in [3.8, 4) is 0 Å². The Bertz CT molecular complexity index is 1220. The Morgan fingerprint density at radius 3 is 1.61 bits per heavy atom. The number of allylic oxidation sites excluding steroid dienone is 1. The van der Waals surface area contributed by atoms with Crippen LogP contribution < -0.4 is 16.0 Å². The number of nitrogens with zero attached hydrogens (tertiary/aromatic N) is 1. The van der Waals surface area contributed by atoms with E-state index in [0.717, 1.165) is 105 Å². The molecular formula is C38H59BrN4O2S. The predicted molar refractivity (Wildman–Crippen MR) is 208 cm³/mol. The summed E-state index contributed by atoms with van der Waals surface area (Å²) in [4.78, 5) is 26.7. The molecule has 0 saturated carbocycles. The van der Waals surface area contributed by atoms with Gasteiger partial charge >= 0.3 is 0 Å². The SMILES string of the molecule is C.C.C=CCBr.C=CCN1CCC2(CCC(=O)c3ccccc3N2)CC1.CCS.O=C1CCC2(CCNCC2)Nc2ccccc21. The van der Waals surface area contributed by atoms with Crippen LogP contribution in [0.1, 0.15) is 93.9 Å². The smallest absolute Gasteiger partial charge is 0.165 e. The molecule has 0 atom stereocenters. The molecule has 2 fully saturated rings. The number of ketones is 2. The summed E-state index contributed by atoms with van der Waals surface area (Å²) in [6.07, 6.45) is 11.4. The molecular weight excluding hydrogens is 656 g/mol. The first-order chi connectivity index (χ1) is 21.3. The number of rotatable bonds is 3. The number of carbonyl (C=O) groups excluding carboxylic acids is 2. The minimum absolute atomic E-state index is 0. The van der Waals surface area contributed by atoms with E-state index in [4.69, 9.17) is 0 Å². The summed E-state index contributed by atoms with van der Waals surface area (Å²) in [6, 6.07) is 15.8. The summed E-state index contributed by atoms with van der Waals surface area (Å²) in [5, 5.41) is 11.6. The van der Waals surface area contributed by atoms with Crippen molar-refractivity contribution in [2.75, 3.05) is 54.4 Å². The number of alkyl halides is 1. The summed E-state index contributed by atoms with van der Waals surface area (Å²) in [5.74, 6) is 1.50. The Labute approximate surface area is 293 Å². The van der Waals surface area contributed by atoms with E-state index in [0.29, 0.717) is 12.8 Å². The van der Waals surface area contributed by atoms with Crippen molar-refractivity contribution in [2.24, 2.45) is 0 Å². The highest BCUT2D eigenvalue weighted by Crippen LogP contribution is 2.37. The molecule has 0 radical (unpaired) electrons. The molecule has 0 aromatic heterocycles. The molecule has 0 bridgehead atoms. The third kappa shape index (κ3) is 12.0. The second kappa shape index (κ2) is 21.5. The van der Waals surface area contributed by atoms with Crippen molar-refractivity contribution in [3.05, 3.63) is 85.0 Å². The molecule has 2 spiro atoms. The number of hydrogen-bond donors (Lipinski definition) is 4. The molecule has 2 aromatic rings. The molecule has 4 heterocycles. The van der Waals surface area contributed by atoms with Crippen LogP contribution in [0.2, 0.25) is 0 Å². The number of para-hydroxylation sites is 2. The Balaban J connectivity index is 0.000000372. The fourth-order valence-corrected chi connectivity index (χ4v) is 6.34. The van der Waals surface area contributed by atoms with Gasteiger partial charge in [-0.1, -0.05) is 74.1 Å². The van der Waals surface area contributed by atoms with Gasteiger partial charge in [0.05, 0.1) is 0 Å². The lowest BCUT2D eigenvalue weighted by Gasteiger charge is -2.42. The molecule has 2 aromatic carbocycles. The van der Waals surface area contributed by atoms with Crippen LogP contribution in [0, 0.1) is 0 Å².